The number of aryl methyl sites for hydroxylation is 1. The Hall–Kier alpha value is -2.89. The topological polar surface area (TPSA) is 96.6 Å². The van der Waals surface area contributed by atoms with Crippen LogP contribution in [0.15, 0.2) is 36.4 Å². The van der Waals surface area contributed by atoms with E-state index in [1.807, 2.05) is 19.1 Å². The van der Waals surface area contributed by atoms with Gasteiger partial charge in [-0.3, -0.25) is 14.4 Å². The van der Waals surface area contributed by atoms with E-state index in [0.29, 0.717) is 17.0 Å². The van der Waals surface area contributed by atoms with Crippen LogP contribution in [0, 0.1) is 6.92 Å². The summed E-state index contributed by atoms with van der Waals surface area (Å²) in [5.74, 6) is -1.84. The van der Waals surface area contributed by atoms with E-state index in [-0.39, 0.29) is 12.2 Å². The van der Waals surface area contributed by atoms with Crippen LogP contribution in [0.25, 0.3) is 0 Å². The molecule has 122 valence electrons. The van der Waals surface area contributed by atoms with Crippen molar-refractivity contribution >= 4 is 17.7 Å². The Kier molecular flexibility index (Phi) is 6.26. The molecule has 2 aromatic rings. The van der Waals surface area contributed by atoms with Crippen LogP contribution in [0.1, 0.15) is 34.2 Å². The molecule has 0 fully saturated rings. The Labute approximate surface area is 134 Å². The highest BCUT2D eigenvalue weighted by Crippen LogP contribution is 2.14. The van der Waals surface area contributed by atoms with Gasteiger partial charge in [-0.2, -0.15) is 0 Å². The van der Waals surface area contributed by atoms with Crippen LogP contribution < -0.4 is 0 Å². The number of hydrogen-bond acceptors (Lipinski definition) is 3. The molecular formula is C17H19NO5. The maximum absolute atomic E-state index is 12.3. The Morgan fingerprint density at radius 3 is 2.00 bits per heavy atom. The zero-order valence-electron chi connectivity index (χ0n) is 13.2. The van der Waals surface area contributed by atoms with Crippen molar-refractivity contribution < 1.29 is 24.6 Å². The number of ketones is 1. The van der Waals surface area contributed by atoms with Crippen molar-refractivity contribution in [1.82, 2.24) is 4.57 Å². The molecule has 0 atom stereocenters. The zero-order chi connectivity index (χ0) is 17.6. The molecule has 0 aliphatic carbocycles. The number of aliphatic carboxylic acids is 2. The van der Waals surface area contributed by atoms with Crippen molar-refractivity contribution in [2.75, 3.05) is 0 Å². The highest BCUT2D eigenvalue weighted by molar-refractivity contribution is 6.08. The summed E-state index contributed by atoms with van der Waals surface area (Å²) >= 11 is 0. The molecule has 0 spiro atoms. The number of rotatable bonds is 4. The third-order valence-electron chi connectivity index (χ3n) is 3.10. The Morgan fingerprint density at radius 2 is 1.52 bits per heavy atom. The number of nitrogens with zero attached hydrogens (tertiary/aromatic N) is 1. The lowest BCUT2D eigenvalue weighted by Gasteiger charge is -2.06. The molecular weight excluding hydrogens is 298 g/mol. The molecule has 0 unspecified atom stereocenters. The average Bonchev–Trinajstić information content (AvgIpc) is 2.79. The third kappa shape index (κ3) is 5.43. The molecule has 0 amide bonds. The summed E-state index contributed by atoms with van der Waals surface area (Å²) in [6, 6.07) is 10.7. The fourth-order valence-electron chi connectivity index (χ4n) is 1.97. The van der Waals surface area contributed by atoms with Crippen molar-refractivity contribution in [1.29, 1.82) is 0 Å². The van der Waals surface area contributed by atoms with Gasteiger partial charge in [0.2, 0.25) is 5.78 Å². The molecule has 1 aromatic carbocycles. The van der Waals surface area contributed by atoms with Crippen LogP contribution in [0.2, 0.25) is 0 Å². The maximum Gasteiger partial charge on any atom is 0.309 e. The number of carbonyl (C=O) groups is 3. The molecule has 0 saturated carbocycles. The summed E-state index contributed by atoms with van der Waals surface area (Å²) in [7, 11) is 1.71. The summed E-state index contributed by atoms with van der Waals surface area (Å²) in [6.07, 6.45) is -0.0856. The van der Waals surface area contributed by atoms with Gasteiger partial charge in [-0.05, 0) is 19.1 Å². The number of carboxylic acid groups (broad SMARTS) is 2. The predicted octanol–water partition coefficient (Wildman–Crippen LogP) is 2.28. The largest absolute Gasteiger partial charge is 0.481 e. The fraction of sp³-hybridized carbons (Fsp3) is 0.235. The first-order chi connectivity index (χ1) is 10.7. The molecule has 0 aliphatic heterocycles. The molecule has 0 aliphatic rings. The van der Waals surface area contributed by atoms with E-state index in [0.717, 1.165) is 12.5 Å². The molecule has 2 N–H and O–H groups in total. The van der Waals surface area contributed by atoms with Crippen molar-refractivity contribution in [3.8, 4) is 0 Å². The van der Waals surface area contributed by atoms with E-state index in [9.17, 15) is 9.59 Å². The number of carboxylic acids is 2. The lowest BCUT2D eigenvalue weighted by atomic mass is 10.1. The molecule has 2 rings (SSSR count). The van der Waals surface area contributed by atoms with Crippen LogP contribution >= 0.6 is 0 Å². The summed E-state index contributed by atoms with van der Waals surface area (Å²) in [4.78, 5) is 32.0. The lowest BCUT2D eigenvalue weighted by Crippen LogP contribution is -2.11. The highest BCUT2D eigenvalue weighted by atomic mass is 16.4. The Morgan fingerprint density at radius 1 is 1.00 bits per heavy atom. The second-order valence-corrected chi connectivity index (χ2v) is 5.05. The Bertz CT molecular complexity index is 709. The van der Waals surface area contributed by atoms with Gasteiger partial charge in [0.1, 0.15) is 0 Å². The van der Waals surface area contributed by atoms with Gasteiger partial charge in [0, 0.05) is 25.2 Å². The molecule has 1 aromatic heterocycles. The summed E-state index contributed by atoms with van der Waals surface area (Å²) in [5.41, 5.74) is 2.81. The van der Waals surface area contributed by atoms with Crippen LogP contribution in [0.5, 0.6) is 0 Å². The summed E-state index contributed by atoms with van der Waals surface area (Å²) < 4.78 is 1.64. The fourth-order valence-corrected chi connectivity index (χ4v) is 1.97. The van der Waals surface area contributed by atoms with Crippen molar-refractivity contribution in [3.63, 3.8) is 0 Å². The minimum absolute atomic E-state index is 0.0856. The number of benzene rings is 1. The summed E-state index contributed by atoms with van der Waals surface area (Å²) in [6.45, 7) is 3.04. The quantitative estimate of drug-likeness (QED) is 0.843. The molecule has 0 bridgehead atoms. The standard InChI is InChI=1S/C15H15NO3.C2H4O2/c1-10-3-5-11(6-4-10)15(19)13-8-7-12(16(13)2)9-14(17)18;1-2(3)4/h3-8H,9H2,1-2H3,(H,17,18);1H3,(H,3,4). The van der Waals surface area contributed by atoms with Gasteiger partial charge in [0.25, 0.3) is 5.97 Å². The second kappa shape index (κ2) is 7.93. The van der Waals surface area contributed by atoms with Crippen molar-refractivity contribution in [3.05, 3.63) is 58.9 Å². The van der Waals surface area contributed by atoms with Gasteiger partial charge in [-0.1, -0.05) is 29.8 Å². The minimum Gasteiger partial charge on any atom is -0.481 e. The molecule has 0 radical (unpaired) electrons. The zero-order valence-corrected chi connectivity index (χ0v) is 13.2. The number of hydrogen-bond donors (Lipinski definition) is 2. The van der Waals surface area contributed by atoms with E-state index >= 15 is 0 Å². The molecule has 23 heavy (non-hydrogen) atoms. The van der Waals surface area contributed by atoms with Gasteiger partial charge in [0.05, 0.1) is 12.1 Å². The first kappa shape index (κ1) is 18.2. The first-order valence-electron chi connectivity index (χ1n) is 6.89. The predicted molar refractivity (Wildman–Crippen MR) is 84.7 cm³/mol. The van der Waals surface area contributed by atoms with E-state index in [4.69, 9.17) is 15.0 Å². The minimum atomic E-state index is -0.907. The first-order valence-corrected chi connectivity index (χ1v) is 6.89. The van der Waals surface area contributed by atoms with E-state index < -0.39 is 11.9 Å². The summed E-state index contributed by atoms with van der Waals surface area (Å²) in [5, 5.41) is 16.2. The van der Waals surface area contributed by atoms with Crippen molar-refractivity contribution in [2.45, 2.75) is 20.3 Å². The van der Waals surface area contributed by atoms with Crippen molar-refractivity contribution in [2.24, 2.45) is 7.05 Å². The van der Waals surface area contributed by atoms with Gasteiger partial charge >= 0.3 is 5.97 Å². The van der Waals surface area contributed by atoms with Crippen LogP contribution in [0.4, 0.5) is 0 Å². The number of aromatic nitrogens is 1. The number of carbonyl (C=O) groups excluding carboxylic acids is 1. The second-order valence-electron chi connectivity index (χ2n) is 5.05. The smallest absolute Gasteiger partial charge is 0.309 e. The van der Waals surface area contributed by atoms with Crippen LogP contribution in [-0.4, -0.2) is 32.5 Å². The van der Waals surface area contributed by atoms with Crippen LogP contribution in [0.3, 0.4) is 0 Å². The molecule has 6 heteroatoms. The molecule has 6 nitrogen and oxygen atoms in total. The monoisotopic (exact) mass is 317 g/mol. The normalized spacial score (nSPS) is 9.70. The third-order valence-corrected chi connectivity index (χ3v) is 3.10. The molecule has 0 saturated heterocycles. The molecule has 1 heterocycles. The van der Waals surface area contributed by atoms with E-state index in [2.05, 4.69) is 0 Å². The van der Waals surface area contributed by atoms with Gasteiger partial charge < -0.3 is 14.8 Å². The van der Waals surface area contributed by atoms with Crippen LogP contribution in [-0.2, 0) is 23.1 Å². The van der Waals surface area contributed by atoms with E-state index in [1.54, 1.807) is 35.9 Å². The SMILES string of the molecule is CC(=O)O.Cc1ccc(C(=O)c2ccc(CC(=O)O)n2C)cc1. The maximum atomic E-state index is 12.3. The average molecular weight is 317 g/mol. The van der Waals surface area contributed by atoms with Gasteiger partial charge in [0.15, 0.2) is 0 Å². The highest BCUT2D eigenvalue weighted by Gasteiger charge is 2.15. The lowest BCUT2D eigenvalue weighted by molar-refractivity contribution is -0.136. The van der Waals surface area contributed by atoms with E-state index in [1.165, 1.54) is 0 Å². The Balaban J connectivity index is 0.000000593. The van der Waals surface area contributed by atoms with Gasteiger partial charge in [-0.25, -0.2) is 0 Å². The van der Waals surface area contributed by atoms with Gasteiger partial charge in [-0.15, -0.1) is 0 Å².